The summed E-state index contributed by atoms with van der Waals surface area (Å²) in [6.45, 7) is 0. The normalized spacial score (nSPS) is 24.2. The summed E-state index contributed by atoms with van der Waals surface area (Å²) >= 11 is 1.74. The fraction of sp³-hybridized carbons (Fsp3) is 0.500. The number of carbonyl (C=O) groups excluding carboxylic acids is 1. The van der Waals surface area contributed by atoms with Gasteiger partial charge in [0.1, 0.15) is 0 Å². The van der Waals surface area contributed by atoms with Crippen molar-refractivity contribution in [2.45, 2.75) is 25.7 Å². The van der Waals surface area contributed by atoms with E-state index >= 15 is 0 Å². The zero-order chi connectivity index (χ0) is 8.18. The molecule has 2 heteroatoms. The molecule has 1 fully saturated rings. The van der Waals surface area contributed by atoms with Gasteiger partial charge in [-0.15, -0.1) is 11.3 Å². The number of hydrogen-bond donors (Lipinski definition) is 0. The molecule has 2 aliphatic rings. The van der Waals surface area contributed by atoms with E-state index in [9.17, 15) is 4.79 Å². The van der Waals surface area contributed by atoms with Crippen LogP contribution in [0.2, 0.25) is 0 Å². The summed E-state index contributed by atoms with van der Waals surface area (Å²) in [5.41, 5.74) is 1.15. The Labute approximate surface area is 75.4 Å². The van der Waals surface area contributed by atoms with Crippen molar-refractivity contribution in [2.75, 3.05) is 0 Å². The molecule has 2 aliphatic carbocycles. The van der Waals surface area contributed by atoms with Gasteiger partial charge in [-0.3, -0.25) is 4.79 Å². The SMILES string of the molecule is O=C1c2ccsc2CCC12CC2. The highest BCUT2D eigenvalue weighted by Gasteiger charge is 2.51. The minimum atomic E-state index is 0.119. The summed E-state index contributed by atoms with van der Waals surface area (Å²) in [6.07, 6.45) is 4.53. The predicted molar refractivity (Wildman–Crippen MR) is 48.6 cm³/mol. The van der Waals surface area contributed by atoms with E-state index in [0.29, 0.717) is 5.78 Å². The molecule has 0 amide bonds. The smallest absolute Gasteiger partial charge is 0.170 e. The Morgan fingerprint density at radius 1 is 1.33 bits per heavy atom. The van der Waals surface area contributed by atoms with Gasteiger partial charge in [-0.05, 0) is 37.1 Å². The Kier molecular flexibility index (Phi) is 1.14. The molecule has 1 aromatic rings. The summed E-state index contributed by atoms with van der Waals surface area (Å²) in [6, 6.07) is 2.00. The second-order valence-corrected chi connectivity index (χ2v) is 4.87. The number of aryl methyl sites for hydroxylation is 1. The summed E-state index contributed by atoms with van der Waals surface area (Å²) < 4.78 is 0. The maximum absolute atomic E-state index is 11.9. The van der Waals surface area contributed by atoms with Crippen LogP contribution in [0.3, 0.4) is 0 Å². The zero-order valence-electron chi connectivity index (χ0n) is 6.80. The van der Waals surface area contributed by atoms with Gasteiger partial charge in [0, 0.05) is 15.9 Å². The average Bonchev–Trinajstić information content (AvgIpc) is 2.69. The van der Waals surface area contributed by atoms with Gasteiger partial charge in [0.25, 0.3) is 0 Å². The number of carbonyl (C=O) groups is 1. The zero-order valence-corrected chi connectivity index (χ0v) is 7.62. The molecule has 1 nitrogen and oxygen atoms in total. The van der Waals surface area contributed by atoms with Crippen molar-refractivity contribution >= 4 is 17.1 Å². The highest BCUT2D eigenvalue weighted by Crippen LogP contribution is 2.55. The highest BCUT2D eigenvalue weighted by atomic mass is 32.1. The van der Waals surface area contributed by atoms with Crippen molar-refractivity contribution in [3.05, 3.63) is 21.9 Å². The molecule has 0 saturated heterocycles. The first-order chi connectivity index (χ1) is 5.82. The largest absolute Gasteiger partial charge is 0.294 e. The van der Waals surface area contributed by atoms with Gasteiger partial charge in [-0.2, -0.15) is 0 Å². The first-order valence-corrected chi connectivity index (χ1v) is 5.31. The van der Waals surface area contributed by atoms with Crippen molar-refractivity contribution < 1.29 is 4.79 Å². The maximum Gasteiger partial charge on any atom is 0.170 e. The van der Waals surface area contributed by atoms with Crippen LogP contribution in [-0.2, 0) is 6.42 Å². The molecule has 62 valence electrons. The van der Waals surface area contributed by atoms with Crippen LogP contribution in [-0.4, -0.2) is 5.78 Å². The first kappa shape index (κ1) is 6.84. The van der Waals surface area contributed by atoms with Gasteiger partial charge in [0.2, 0.25) is 0 Å². The molecule has 0 aromatic carbocycles. The molecule has 12 heavy (non-hydrogen) atoms. The summed E-state index contributed by atoms with van der Waals surface area (Å²) in [4.78, 5) is 13.2. The minimum Gasteiger partial charge on any atom is -0.294 e. The second kappa shape index (κ2) is 1.99. The van der Waals surface area contributed by atoms with E-state index in [1.165, 1.54) is 4.88 Å². The molecule has 0 bridgehead atoms. The van der Waals surface area contributed by atoms with E-state index in [-0.39, 0.29) is 5.41 Å². The number of ketones is 1. The van der Waals surface area contributed by atoms with Gasteiger partial charge >= 0.3 is 0 Å². The lowest BCUT2D eigenvalue weighted by molar-refractivity contribution is 0.0882. The predicted octanol–water partition coefficient (Wildman–Crippen LogP) is 2.66. The van der Waals surface area contributed by atoms with E-state index in [1.54, 1.807) is 11.3 Å². The number of thiophene rings is 1. The molecular weight excluding hydrogens is 168 g/mol. The Bertz CT molecular complexity index is 346. The lowest BCUT2D eigenvalue weighted by atomic mass is 9.84. The second-order valence-electron chi connectivity index (χ2n) is 3.87. The van der Waals surface area contributed by atoms with Crippen LogP contribution in [0.5, 0.6) is 0 Å². The van der Waals surface area contributed by atoms with Crippen LogP contribution in [0.15, 0.2) is 11.4 Å². The van der Waals surface area contributed by atoms with Gasteiger partial charge in [0.15, 0.2) is 5.78 Å². The van der Waals surface area contributed by atoms with Gasteiger partial charge < -0.3 is 0 Å². The maximum atomic E-state index is 11.9. The molecule has 0 atom stereocenters. The summed E-state index contributed by atoms with van der Waals surface area (Å²) in [5, 5.41) is 2.05. The number of fused-ring (bicyclic) bond motifs is 1. The first-order valence-electron chi connectivity index (χ1n) is 4.43. The molecule has 1 saturated carbocycles. The highest BCUT2D eigenvalue weighted by molar-refractivity contribution is 7.10. The number of hydrogen-bond acceptors (Lipinski definition) is 2. The summed E-state index contributed by atoms with van der Waals surface area (Å²) in [5.74, 6) is 0.435. The van der Waals surface area contributed by atoms with Crippen molar-refractivity contribution in [3.8, 4) is 0 Å². The lowest BCUT2D eigenvalue weighted by Gasteiger charge is -2.19. The van der Waals surface area contributed by atoms with E-state index < -0.39 is 0 Å². The number of Topliss-reactive ketones (excluding diaryl/α,β-unsaturated/α-hetero) is 1. The average molecular weight is 178 g/mol. The Morgan fingerprint density at radius 2 is 2.17 bits per heavy atom. The quantitative estimate of drug-likeness (QED) is 0.597. The van der Waals surface area contributed by atoms with Crippen molar-refractivity contribution in [1.82, 2.24) is 0 Å². The molecule has 0 unspecified atom stereocenters. The molecule has 1 heterocycles. The van der Waals surface area contributed by atoms with E-state index in [1.807, 2.05) is 11.4 Å². The van der Waals surface area contributed by atoms with Crippen LogP contribution >= 0.6 is 11.3 Å². The fourth-order valence-electron chi connectivity index (χ4n) is 2.12. The summed E-state index contributed by atoms with van der Waals surface area (Å²) in [7, 11) is 0. The van der Waals surface area contributed by atoms with Gasteiger partial charge in [-0.25, -0.2) is 0 Å². The van der Waals surface area contributed by atoms with Gasteiger partial charge in [0.05, 0.1) is 0 Å². The third kappa shape index (κ3) is 0.712. The van der Waals surface area contributed by atoms with Crippen LogP contribution in [0.25, 0.3) is 0 Å². The fourth-order valence-corrected chi connectivity index (χ4v) is 2.99. The molecule has 0 aliphatic heterocycles. The molecule has 1 aromatic heterocycles. The lowest BCUT2D eigenvalue weighted by Crippen LogP contribution is -2.22. The molecule has 0 N–H and O–H groups in total. The van der Waals surface area contributed by atoms with Crippen LogP contribution in [0.4, 0.5) is 0 Å². The van der Waals surface area contributed by atoms with Crippen LogP contribution in [0.1, 0.15) is 34.5 Å². The van der Waals surface area contributed by atoms with Crippen molar-refractivity contribution in [1.29, 1.82) is 0 Å². The van der Waals surface area contributed by atoms with Crippen molar-refractivity contribution in [3.63, 3.8) is 0 Å². The Hall–Kier alpha value is -0.630. The standard InChI is InChI=1S/C10H10OS/c11-9-7-2-6-12-8(7)1-3-10(9)4-5-10/h2,6H,1,3-5H2. The monoisotopic (exact) mass is 178 g/mol. The number of rotatable bonds is 0. The third-order valence-electron chi connectivity index (χ3n) is 3.16. The molecule has 0 radical (unpaired) electrons. The van der Waals surface area contributed by atoms with E-state index in [2.05, 4.69) is 0 Å². The topological polar surface area (TPSA) is 17.1 Å². The van der Waals surface area contributed by atoms with Crippen LogP contribution < -0.4 is 0 Å². The Balaban J connectivity index is 2.13. The van der Waals surface area contributed by atoms with Crippen LogP contribution in [0, 0.1) is 5.41 Å². The molecule has 3 rings (SSSR count). The molecular formula is C10H10OS. The minimum absolute atomic E-state index is 0.119. The van der Waals surface area contributed by atoms with Gasteiger partial charge in [-0.1, -0.05) is 0 Å². The van der Waals surface area contributed by atoms with E-state index in [4.69, 9.17) is 0 Å². The van der Waals surface area contributed by atoms with Crippen molar-refractivity contribution in [2.24, 2.45) is 5.41 Å². The van der Waals surface area contributed by atoms with E-state index in [0.717, 1.165) is 31.2 Å². The molecule has 1 spiro atoms. The third-order valence-corrected chi connectivity index (χ3v) is 4.14. The Morgan fingerprint density at radius 3 is 2.92 bits per heavy atom.